The molecule has 0 aromatic heterocycles. The van der Waals surface area contributed by atoms with Gasteiger partial charge in [-0.15, -0.1) is 0 Å². The third-order valence-corrected chi connectivity index (χ3v) is 9.50. The Kier molecular flexibility index (Phi) is 21.2. The van der Waals surface area contributed by atoms with Crippen LogP contribution in [0.3, 0.4) is 0 Å². The second-order valence-electron chi connectivity index (χ2n) is 8.94. The SMILES string of the molecule is CSSC(COc1cccc(C(=O)NCCN)c1)OCCOCC(=O)NCC#C[B][C@H]1C[C@@H](O[C@H](CO)SSC)C(CO)O1. The first-order valence-corrected chi connectivity index (χ1v) is 19.1. The summed E-state index contributed by atoms with van der Waals surface area (Å²) in [6.45, 7) is 1.19. The number of hydrogen-bond acceptors (Lipinski definition) is 14. The van der Waals surface area contributed by atoms with E-state index in [1.54, 1.807) is 31.5 Å². The highest BCUT2D eigenvalue weighted by Gasteiger charge is 2.37. The number of hydrogen-bond donors (Lipinski definition) is 5. The highest BCUT2D eigenvalue weighted by molar-refractivity contribution is 8.76. The predicted molar refractivity (Wildman–Crippen MR) is 179 cm³/mol. The first-order chi connectivity index (χ1) is 21.4. The van der Waals surface area contributed by atoms with Crippen LogP contribution in [0, 0.1) is 11.7 Å². The lowest BCUT2D eigenvalue weighted by molar-refractivity contribution is -0.126. The summed E-state index contributed by atoms with van der Waals surface area (Å²) in [4.78, 5) is 24.2. The lowest BCUT2D eigenvalue weighted by atomic mass is 9.71. The summed E-state index contributed by atoms with van der Waals surface area (Å²) in [7, 11) is 7.61. The number of ether oxygens (including phenoxy) is 5. The predicted octanol–water partition coefficient (Wildman–Crippen LogP) is 0.728. The average molecular weight is 691 g/mol. The van der Waals surface area contributed by atoms with Crippen LogP contribution in [-0.2, 0) is 23.7 Å². The van der Waals surface area contributed by atoms with Crippen LogP contribution in [0.1, 0.15) is 16.8 Å². The number of aliphatic hydroxyl groups is 2. The molecule has 0 aliphatic carbocycles. The van der Waals surface area contributed by atoms with E-state index < -0.39 is 11.5 Å². The van der Waals surface area contributed by atoms with Crippen molar-refractivity contribution in [3.05, 3.63) is 29.8 Å². The molecule has 245 valence electrons. The molecule has 1 aromatic carbocycles. The van der Waals surface area contributed by atoms with Gasteiger partial charge in [-0.3, -0.25) is 9.59 Å². The van der Waals surface area contributed by atoms with Gasteiger partial charge in [-0.05, 0) is 37.1 Å². The molecule has 1 aliphatic rings. The molecule has 2 rings (SSSR count). The Morgan fingerprint density at radius 1 is 1.18 bits per heavy atom. The van der Waals surface area contributed by atoms with Gasteiger partial charge in [-0.2, -0.15) is 5.82 Å². The number of aliphatic hydroxyl groups excluding tert-OH is 2. The summed E-state index contributed by atoms with van der Waals surface area (Å²) < 4.78 is 28.7. The molecule has 1 radical (unpaired) electrons. The van der Waals surface area contributed by atoms with Gasteiger partial charge in [0.15, 0.2) is 0 Å². The monoisotopic (exact) mass is 690 g/mol. The summed E-state index contributed by atoms with van der Waals surface area (Å²) in [6.07, 6.45) is 3.51. The number of nitrogens with two attached hydrogens (primary N) is 1. The number of benzene rings is 1. The van der Waals surface area contributed by atoms with Crippen molar-refractivity contribution in [1.29, 1.82) is 0 Å². The molecule has 0 spiro atoms. The maximum absolute atomic E-state index is 12.1. The van der Waals surface area contributed by atoms with Gasteiger partial charge in [-0.25, -0.2) is 0 Å². The van der Waals surface area contributed by atoms with Crippen LogP contribution < -0.4 is 21.1 Å². The van der Waals surface area contributed by atoms with E-state index in [0.717, 1.165) is 0 Å². The van der Waals surface area contributed by atoms with Gasteiger partial charge < -0.3 is 50.3 Å². The van der Waals surface area contributed by atoms with Crippen LogP contribution >= 0.6 is 43.2 Å². The van der Waals surface area contributed by atoms with Gasteiger partial charge >= 0.3 is 0 Å². The normalized spacial score (nSPS) is 19.0. The van der Waals surface area contributed by atoms with Gasteiger partial charge in [-0.1, -0.05) is 55.2 Å². The molecule has 2 unspecified atom stereocenters. The van der Waals surface area contributed by atoms with Crippen LogP contribution in [0.4, 0.5) is 0 Å². The van der Waals surface area contributed by atoms with Crippen molar-refractivity contribution in [2.75, 3.05) is 71.8 Å². The largest absolute Gasteiger partial charge is 0.490 e. The van der Waals surface area contributed by atoms with Gasteiger partial charge in [0.2, 0.25) is 5.91 Å². The van der Waals surface area contributed by atoms with E-state index in [-0.39, 0.29) is 75.5 Å². The molecule has 12 nitrogen and oxygen atoms in total. The lowest BCUT2D eigenvalue weighted by Crippen LogP contribution is -2.31. The Morgan fingerprint density at radius 2 is 1.98 bits per heavy atom. The minimum atomic E-state index is -0.490. The molecule has 1 heterocycles. The summed E-state index contributed by atoms with van der Waals surface area (Å²) in [6, 6.07) is 6.56. The third-order valence-electron chi connectivity index (χ3n) is 5.71. The average Bonchev–Trinajstić information content (AvgIpc) is 3.43. The molecule has 44 heavy (non-hydrogen) atoms. The maximum Gasteiger partial charge on any atom is 0.251 e. The second kappa shape index (κ2) is 24.0. The zero-order valence-electron chi connectivity index (χ0n) is 24.8. The van der Waals surface area contributed by atoms with Crippen molar-refractivity contribution in [1.82, 2.24) is 10.6 Å². The van der Waals surface area contributed by atoms with E-state index in [4.69, 9.17) is 29.4 Å². The standard InChI is InChI=1S/C27H41BN3O9S4/c1-41-43-25(16-33)40-21-14-23(39-22(21)15-32)28-7-4-9-30-24(34)17-36-11-12-37-26(44-42-2)18-38-20-6-3-5-19(13-20)27(35)31-10-8-29/h3,5-6,13,21-23,25-26,32-33H,8-12,14-18,29H2,1-2H3,(H,30,34)(H,31,35)/t21-,22?,23-,25+,26?/m1/s1. The van der Waals surface area contributed by atoms with Crippen molar-refractivity contribution in [3.63, 3.8) is 0 Å². The van der Waals surface area contributed by atoms with Crippen LogP contribution in [0.5, 0.6) is 5.75 Å². The van der Waals surface area contributed by atoms with Gasteiger partial charge in [0.05, 0.1) is 39.1 Å². The summed E-state index contributed by atoms with van der Waals surface area (Å²) in [5.74, 6) is 5.75. The number of carbonyl (C=O) groups excluding carboxylic acids is 2. The fourth-order valence-electron chi connectivity index (χ4n) is 3.75. The summed E-state index contributed by atoms with van der Waals surface area (Å²) in [5, 5.41) is 24.4. The fourth-order valence-corrected chi connectivity index (χ4v) is 6.64. The van der Waals surface area contributed by atoms with E-state index in [1.165, 1.54) is 43.2 Å². The van der Waals surface area contributed by atoms with Crippen molar-refractivity contribution in [2.24, 2.45) is 5.73 Å². The molecular formula is C27H41BN3O9S4. The molecular weight excluding hydrogens is 649 g/mol. The van der Waals surface area contributed by atoms with Gasteiger partial charge in [0.25, 0.3) is 13.2 Å². The van der Waals surface area contributed by atoms with Crippen molar-refractivity contribution in [3.8, 4) is 17.5 Å². The quantitative estimate of drug-likeness (QED) is 0.0379. The van der Waals surface area contributed by atoms with E-state index in [1.807, 2.05) is 12.5 Å². The molecule has 5 atom stereocenters. The minimum Gasteiger partial charge on any atom is -0.490 e. The number of nitrogens with one attached hydrogen (secondary N) is 2. The summed E-state index contributed by atoms with van der Waals surface area (Å²) >= 11 is 0. The summed E-state index contributed by atoms with van der Waals surface area (Å²) in [5.41, 5.74) is 5.23. The van der Waals surface area contributed by atoms with E-state index >= 15 is 0 Å². The molecule has 6 N–H and O–H groups in total. The van der Waals surface area contributed by atoms with E-state index in [9.17, 15) is 19.8 Å². The molecule has 2 amide bonds. The van der Waals surface area contributed by atoms with E-state index in [0.29, 0.717) is 30.8 Å². The highest BCUT2D eigenvalue weighted by atomic mass is 33.1. The first-order valence-electron chi connectivity index (χ1n) is 13.8. The second-order valence-corrected chi connectivity index (χ2v) is 14.2. The van der Waals surface area contributed by atoms with Gasteiger partial charge in [0, 0.05) is 24.7 Å². The van der Waals surface area contributed by atoms with E-state index in [2.05, 4.69) is 22.4 Å². The molecule has 17 heteroatoms. The molecule has 1 aromatic rings. The Morgan fingerprint density at radius 3 is 2.70 bits per heavy atom. The molecule has 0 bridgehead atoms. The Labute approximate surface area is 275 Å². The number of carbonyl (C=O) groups is 2. The zero-order valence-corrected chi connectivity index (χ0v) is 28.1. The number of amides is 2. The fraction of sp³-hybridized carbons (Fsp3) is 0.630. The van der Waals surface area contributed by atoms with Crippen molar-refractivity contribution in [2.45, 2.75) is 35.5 Å². The minimum absolute atomic E-state index is 0.131. The van der Waals surface area contributed by atoms with Crippen LogP contribution in [0.2, 0.25) is 0 Å². The maximum atomic E-state index is 12.1. The van der Waals surface area contributed by atoms with Crippen LogP contribution in [0.15, 0.2) is 24.3 Å². The third kappa shape index (κ3) is 15.8. The first kappa shape index (κ1) is 38.9. The number of rotatable bonds is 22. The molecule has 1 fully saturated rings. The van der Waals surface area contributed by atoms with Crippen molar-refractivity contribution < 1.29 is 43.5 Å². The lowest BCUT2D eigenvalue weighted by Gasteiger charge is -2.21. The van der Waals surface area contributed by atoms with Crippen molar-refractivity contribution >= 4 is 62.3 Å². The highest BCUT2D eigenvalue weighted by Crippen LogP contribution is 2.30. The Bertz CT molecular complexity index is 1040. The molecule has 0 saturated carbocycles. The Balaban J connectivity index is 1.61. The van der Waals surface area contributed by atoms with Gasteiger partial charge in [0.1, 0.15) is 35.9 Å². The van der Waals surface area contributed by atoms with Crippen LogP contribution in [-0.4, -0.2) is 130 Å². The zero-order chi connectivity index (χ0) is 32.0. The van der Waals surface area contributed by atoms with Crippen LogP contribution in [0.25, 0.3) is 0 Å². The Hall–Kier alpha value is -1.30. The molecule has 1 saturated heterocycles. The molecule has 1 aliphatic heterocycles. The topological polar surface area (TPSA) is 171 Å². The smallest absolute Gasteiger partial charge is 0.251 e.